The first kappa shape index (κ1) is 11.1. The summed E-state index contributed by atoms with van der Waals surface area (Å²) < 4.78 is 13.7. The van der Waals surface area contributed by atoms with Gasteiger partial charge in [-0.1, -0.05) is 12.4 Å². The van der Waals surface area contributed by atoms with Gasteiger partial charge in [-0.25, -0.2) is 4.39 Å². The molecule has 0 aliphatic heterocycles. The SMILES string of the molecule is [B]CC1C(O)CC(F)C1Cc1cccs1. The average Bonchev–Trinajstić information content (AvgIpc) is 2.77. The molecule has 0 spiro atoms. The van der Waals surface area contributed by atoms with Crippen molar-refractivity contribution in [2.45, 2.75) is 31.4 Å². The van der Waals surface area contributed by atoms with Crippen molar-refractivity contribution < 1.29 is 9.50 Å². The lowest BCUT2D eigenvalue weighted by Crippen LogP contribution is -2.22. The molecule has 0 amide bonds. The van der Waals surface area contributed by atoms with E-state index in [9.17, 15) is 9.50 Å². The molecule has 2 radical (unpaired) electrons. The highest BCUT2D eigenvalue weighted by atomic mass is 32.1. The molecule has 1 saturated carbocycles. The molecule has 1 aliphatic rings. The Morgan fingerprint density at radius 3 is 2.93 bits per heavy atom. The van der Waals surface area contributed by atoms with Crippen LogP contribution in [0.15, 0.2) is 17.5 Å². The maximum atomic E-state index is 13.7. The molecule has 4 atom stereocenters. The Labute approximate surface area is 94.7 Å². The summed E-state index contributed by atoms with van der Waals surface area (Å²) in [7, 11) is 5.58. The number of hydrogen-bond acceptors (Lipinski definition) is 2. The molecule has 4 unspecified atom stereocenters. The van der Waals surface area contributed by atoms with Gasteiger partial charge in [-0.2, -0.15) is 0 Å². The van der Waals surface area contributed by atoms with Crippen molar-refractivity contribution in [3.8, 4) is 0 Å². The molecule has 1 aromatic rings. The Balaban J connectivity index is 2.06. The van der Waals surface area contributed by atoms with Crippen LogP contribution in [-0.4, -0.2) is 25.2 Å². The molecule has 4 heteroatoms. The van der Waals surface area contributed by atoms with Crippen molar-refractivity contribution in [3.63, 3.8) is 0 Å². The molecular weight excluding hydrogens is 210 g/mol. The summed E-state index contributed by atoms with van der Waals surface area (Å²) in [5, 5.41) is 11.6. The predicted molar refractivity (Wildman–Crippen MR) is 61.1 cm³/mol. The lowest BCUT2D eigenvalue weighted by molar-refractivity contribution is 0.128. The van der Waals surface area contributed by atoms with Crippen LogP contribution in [-0.2, 0) is 6.42 Å². The van der Waals surface area contributed by atoms with Gasteiger partial charge in [-0.05, 0) is 29.7 Å². The van der Waals surface area contributed by atoms with Crippen LogP contribution in [0.5, 0.6) is 0 Å². The van der Waals surface area contributed by atoms with E-state index in [1.807, 2.05) is 17.5 Å². The van der Waals surface area contributed by atoms with E-state index in [1.165, 1.54) is 4.88 Å². The first-order valence-electron chi connectivity index (χ1n) is 5.27. The van der Waals surface area contributed by atoms with Crippen LogP contribution in [0.25, 0.3) is 0 Å². The van der Waals surface area contributed by atoms with Crippen molar-refractivity contribution in [2.24, 2.45) is 11.8 Å². The third-order valence-electron chi connectivity index (χ3n) is 3.26. The normalized spacial score (nSPS) is 35.9. The Bertz CT molecular complexity index is 304. The maximum absolute atomic E-state index is 13.7. The van der Waals surface area contributed by atoms with Crippen LogP contribution in [0.3, 0.4) is 0 Å². The van der Waals surface area contributed by atoms with Gasteiger partial charge >= 0.3 is 0 Å². The molecule has 1 aromatic heterocycles. The van der Waals surface area contributed by atoms with Gasteiger partial charge in [-0.3, -0.25) is 0 Å². The Kier molecular flexibility index (Phi) is 3.47. The molecule has 1 heterocycles. The summed E-state index contributed by atoms with van der Waals surface area (Å²) in [6.07, 6.45) is -0.140. The van der Waals surface area contributed by atoms with Crippen LogP contribution in [0.4, 0.5) is 4.39 Å². The fraction of sp³-hybridized carbons (Fsp3) is 0.636. The number of alkyl halides is 1. The van der Waals surface area contributed by atoms with Gasteiger partial charge in [0.25, 0.3) is 0 Å². The summed E-state index contributed by atoms with van der Waals surface area (Å²) in [5.74, 6) is -0.189. The monoisotopic (exact) mass is 224 g/mol. The standard InChI is InChI=1S/C11H14BFOS/c12-6-9-8(10(13)5-11(9)14)4-7-2-1-3-15-7/h1-3,8-11,14H,4-6H2. The van der Waals surface area contributed by atoms with E-state index >= 15 is 0 Å². The van der Waals surface area contributed by atoms with Crippen LogP contribution < -0.4 is 0 Å². The number of rotatable bonds is 3. The Hall–Kier alpha value is -0.345. The van der Waals surface area contributed by atoms with Crippen molar-refractivity contribution in [1.29, 1.82) is 0 Å². The van der Waals surface area contributed by atoms with E-state index in [1.54, 1.807) is 11.3 Å². The summed E-state index contributed by atoms with van der Waals surface area (Å²) in [6, 6.07) is 3.98. The Morgan fingerprint density at radius 2 is 2.33 bits per heavy atom. The summed E-state index contributed by atoms with van der Waals surface area (Å²) in [5.41, 5.74) is 0. The van der Waals surface area contributed by atoms with E-state index in [-0.39, 0.29) is 18.3 Å². The van der Waals surface area contributed by atoms with Crippen molar-refractivity contribution in [1.82, 2.24) is 0 Å². The van der Waals surface area contributed by atoms with E-state index in [2.05, 4.69) is 0 Å². The quantitative estimate of drug-likeness (QED) is 0.780. The summed E-state index contributed by atoms with van der Waals surface area (Å²) >= 11 is 1.64. The molecule has 2 rings (SSSR count). The third-order valence-corrected chi connectivity index (χ3v) is 4.16. The molecule has 15 heavy (non-hydrogen) atoms. The number of halogens is 1. The van der Waals surface area contributed by atoms with E-state index in [0.29, 0.717) is 12.7 Å². The molecule has 0 aromatic carbocycles. The highest BCUT2D eigenvalue weighted by Crippen LogP contribution is 2.39. The zero-order chi connectivity index (χ0) is 10.8. The van der Waals surface area contributed by atoms with Gasteiger partial charge in [0.1, 0.15) is 6.17 Å². The van der Waals surface area contributed by atoms with Gasteiger partial charge in [0, 0.05) is 11.3 Å². The minimum atomic E-state index is -0.907. The van der Waals surface area contributed by atoms with Gasteiger partial charge in [0.15, 0.2) is 0 Å². The number of hydrogen-bond donors (Lipinski definition) is 1. The number of thiophene rings is 1. The predicted octanol–water partition coefficient (Wildman–Crippen LogP) is 2.21. The molecule has 0 saturated heterocycles. The van der Waals surface area contributed by atoms with E-state index < -0.39 is 12.3 Å². The molecule has 1 fully saturated rings. The van der Waals surface area contributed by atoms with Crippen molar-refractivity contribution in [3.05, 3.63) is 22.4 Å². The second kappa shape index (κ2) is 4.66. The zero-order valence-electron chi connectivity index (χ0n) is 8.47. The minimum absolute atomic E-state index is 0.0814. The van der Waals surface area contributed by atoms with Crippen LogP contribution in [0, 0.1) is 11.8 Å². The number of aliphatic hydroxyl groups is 1. The Morgan fingerprint density at radius 1 is 1.53 bits per heavy atom. The minimum Gasteiger partial charge on any atom is -0.393 e. The zero-order valence-corrected chi connectivity index (χ0v) is 9.29. The second-order valence-electron chi connectivity index (χ2n) is 4.17. The third kappa shape index (κ3) is 2.26. The molecule has 1 aliphatic carbocycles. The molecule has 0 bridgehead atoms. The molecular formula is C11H14BFOS. The lowest BCUT2D eigenvalue weighted by Gasteiger charge is -2.20. The largest absolute Gasteiger partial charge is 0.393 e. The average molecular weight is 224 g/mol. The molecule has 1 nitrogen and oxygen atoms in total. The van der Waals surface area contributed by atoms with Gasteiger partial charge in [-0.15, -0.1) is 11.3 Å². The first-order chi connectivity index (χ1) is 7.22. The fourth-order valence-electron chi connectivity index (χ4n) is 2.41. The van der Waals surface area contributed by atoms with Gasteiger partial charge in [0.05, 0.1) is 14.0 Å². The fourth-order valence-corrected chi connectivity index (χ4v) is 3.18. The second-order valence-corrected chi connectivity index (χ2v) is 5.20. The van der Waals surface area contributed by atoms with E-state index in [4.69, 9.17) is 7.85 Å². The summed E-state index contributed by atoms with van der Waals surface area (Å²) in [4.78, 5) is 1.18. The van der Waals surface area contributed by atoms with Crippen molar-refractivity contribution >= 4 is 19.2 Å². The smallest absolute Gasteiger partial charge is 0.106 e. The van der Waals surface area contributed by atoms with Gasteiger partial charge < -0.3 is 5.11 Å². The summed E-state index contributed by atoms with van der Waals surface area (Å²) in [6.45, 7) is 0. The maximum Gasteiger partial charge on any atom is 0.106 e. The highest BCUT2D eigenvalue weighted by Gasteiger charge is 2.41. The van der Waals surface area contributed by atoms with Crippen LogP contribution in [0.2, 0.25) is 6.32 Å². The van der Waals surface area contributed by atoms with Gasteiger partial charge in [0.2, 0.25) is 0 Å². The molecule has 1 N–H and O–H groups in total. The van der Waals surface area contributed by atoms with Crippen LogP contribution in [0.1, 0.15) is 11.3 Å². The number of aliphatic hydroxyl groups excluding tert-OH is 1. The van der Waals surface area contributed by atoms with E-state index in [0.717, 1.165) is 0 Å². The highest BCUT2D eigenvalue weighted by molar-refractivity contribution is 7.09. The first-order valence-corrected chi connectivity index (χ1v) is 6.15. The van der Waals surface area contributed by atoms with Crippen molar-refractivity contribution in [2.75, 3.05) is 0 Å². The van der Waals surface area contributed by atoms with Crippen LogP contribution >= 0.6 is 11.3 Å². The molecule has 80 valence electrons. The lowest BCUT2D eigenvalue weighted by atomic mass is 9.81. The topological polar surface area (TPSA) is 20.2 Å².